The third-order valence-corrected chi connectivity index (χ3v) is 3.50. The summed E-state index contributed by atoms with van der Waals surface area (Å²) in [5.41, 5.74) is 1.70. The minimum Gasteiger partial charge on any atom is -0.465 e. The lowest BCUT2D eigenvalue weighted by Gasteiger charge is -2.04. The number of rotatable bonds is 5. The highest BCUT2D eigenvalue weighted by molar-refractivity contribution is 6.04. The van der Waals surface area contributed by atoms with E-state index in [1.54, 1.807) is 29.2 Å². The minimum atomic E-state index is -0.500. The number of methoxy groups -OCH3 is 1. The monoisotopic (exact) mass is 336 g/mol. The molecule has 0 aliphatic rings. The van der Waals surface area contributed by atoms with Crippen LogP contribution in [0, 0.1) is 0 Å². The van der Waals surface area contributed by atoms with Gasteiger partial charge in [0.15, 0.2) is 0 Å². The topological polar surface area (TPSA) is 86.1 Å². The molecule has 0 spiro atoms. The van der Waals surface area contributed by atoms with Gasteiger partial charge in [0.05, 0.1) is 19.2 Å². The summed E-state index contributed by atoms with van der Waals surface area (Å²) in [6, 6.07) is 16.1. The van der Waals surface area contributed by atoms with Crippen LogP contribution in [0.5, 0.6) is 0 Å². The van der Waals surface area contributed by atoms with E-state index < -0.39 is 11.9 Å². The fourth-order valence-corrected chi connectivity index (χ4v) is 2.28. The highest BCUT2D eigenvalue weighted by Crippen LogP contribution is 2.09. The Morgan fingerprint density at radius 3 is 2.60 bits per heavy atom. The van der Waals surface area contributed by atoms with Gasteiger partial charge in [-0.25, -0.2) is 14.5 Å². The molecule has 1 amide bonds. The van der Waals surface area contributed by atoms with E-state index in [-0.39, 0.29) is 5.95 Å². The summed E-state index contributed by atoms with van der Waals surface area (Å²) in [5.74, 6) is -0.701. The van der Waals surface area contributed by atoms with E-state index in [1.165, 1.54) is 13.2 Å². The van der Waals surface area contributed by atoms with E-state index in [1.807, 2.05) is 30.3 Å². The normalized spacial score (nSPS) is 10.3. The zero-order valence-electron chi connectivity index (χ0n) is 13.5. The number of hydrogen-bond donors (Lipinski definition) is 1. The number of esters is 1. The SMILES string of the molecule is COC(=O)c1cccc(C(=O)Nc2ncn(Cc3ccccc3)n2)c1. The van der Waals surface area contributed by atoms with Gasteiger partial charge in [-0.1, -0.05) is 36.4 Å². The molecule has 0 saturated heterocycles. The van der Waals surface area contributed by atoms with Crippen LogP contribution in [0.25, 0.3) is 0 Å². The predicted octanol–water partition coefficient (Wildman–Crippen LogP) is 2.37. The van der Waals surface area contributed by atoms with E-state index in [0.717, 1.165) is 5.56 Å². The third kappa shape index (κ3) is 4.08. The van der Waals surface area contributed by atoms with Crippen molar-refractivity contribution >= 4 is 17.8 Å². The van der Waals surface area contributed by atoms with Crippen molar-refractivity contribution in [2.24, 2.45) is 0 Å². The molecule has 25 heavy (non-hydrogen) atoms. The highest BCUT2D eigenvalue weighted by Gasteiger charge is 2.12. The van der Waals surface area contributed by atoms with Crippen molar-refractivity contribution in [3.63, 3.8) is 0 Å². The van der Waals surface area contributed by atoms with Gasteiger partial charge in [-0.15, -0.1) is 5.10 Å². The van der Waals surface area contributed by atoms with E-state index in [9.17, 15) is 9.59 Å². The maximum Gasteiger partial charge on any atom is 0.337 e. The van der Waals surface area contributed by atoms with E-state index in [2.05, 4.69) is 20.1 Å². The van der Waals surface area contributed by atoms with Crippen molar-refractivity contribution in [3.05, 3.63) is 77.6 Å². The van der Waals surface area contributed by atoms with Crippen molar-refractivity contribution in [2.45, 2.75) is 6.54 Å². The van der Waals surface area contributed by atoms with Gasteiger partial charge in [-0.05, 0) is 23.8 Å². The smallest absolute Gasteiger partial charge is 0.337 e. The molecule has 0 radical (unpaired) electrons. The van der Waals surface area contributed by atoms with Crippen molar-refractivity contribution in [1.82, 2.24) is 14.8 Å². The van der Waals surface area contributed by atoms with Gasteiger partial charge in [0, 0.05) is 5.56 Å². The highest BCUT2D eigenvalue weighted by atomic mass is 16.5. The molecule has 3 rings (SSSR count). The summed E-state index contributed by atoms with van der Waals surface area (Å²) in [7, 11) is 1.29. The Morgan fingerprint density at radius 2 is 1.84 bits per heavy atom. The molecule has 0 saturated carbocycles. The molecule has 0 bridgehead atoms. The molecule has 0 unspecified atom stereocenters. The van der Waals surface area contributed by atoms with Crippen LogP contribution in [0.3, 0.4) is 0 Å². The second-order valence-corrected chi connectivity index (χ2v) is 5.28. The van der Waals surface area contributed by atoms with Gasteiger partial charge in [0.25, 0.3) is 5.91 Å². The standard InChI is InChI=1S/C18H16N4O3/c1-25-17(24)15-9-5-8-14(10-15)16(23)20-18-19-12-22(21-18)11-13-6-3-2-4-7-13/h2-10,12H,11H2,1H3,(H,20,21,23). The molecule has 7 nitrogen and oxygen atoms in total. The summed E-state index contributed by atoms with van der Waals surface area (Å²) < 4.78 is 6.29. The van der Waals surface area contributed by atoms with Gasteiger partial charge in [0.1, 0.15) is 6.33 Å². The molecule has 0 aliphatic heterocycles. The minimum absolute atomic E-state index is 0.199. The molecular formula is C18H16N4O3. The molecule has 7 heteroatoms. The molecular weight excluding hydrogens is 320 g/mol. The first kappa shape index (κ1) is 16.4. The maximum absolute atomic E-state index is 12.3. The van der Waals surface area contributed by atoms with Crippen molar-refractivity contribution in [1.29, 1.82) is 0 Å². The second kappa shape index (κ2) is 7.39. The van der Waals surface area contributed by atoms with Crippen LogP contribution in [-0.4, -0.2) is 33.8 Å². The van der Waals surface area contributed by atoms with Crippen molar-refractivity contribution < 1.29 is 14.3 Å². The Kier molecular flexibility index (Phi) is 4.84. The van der Waals surface area contributed by atoms with Crippen molar-refractivity contribution in [2.75, 3.05) is 12.4 Å². The first-order valence-corrected chi connectivity index (χ1v) is 7.59. The van der Waals surface area contributed by atoms with Crippen LogP contribution in [0.2, 0.25) is 0 Å². The Hall–Kier alpha value is -3.48. The molecule has 3 aromatic rings. The van der Waals surface area contributed by atoms with E-state index >= 15 is 0 Å². The predicted molar refractivity (Wildman–Crippen MR) is 91.3 cm³/mol. The van der Waals surface area contributed by atoms with Gasteiger partial charge in [-0.3, -0.25) is 10.1 Å². The number of carbonyl (C=O) groups excluding carboxylic acids is 2. The third-order valence-electron chi connectivity index (χ3n) is 3.50. The van der Waals surface area contributed by atoms with Crippen LogP contribution in [0.1, 0.15) is 26.3 Å². The van der Waals surface area contributed by atoms with Crippen LogP contribution in [0.15, 0.2) is 60.9 Å². The van der Waals surface area contributed by atoms with Crippen LogP contribution in [-0.2, 0) is 11.3 Å². The largest absolute Gasteiger partial charge is 0.465 e. The summed E-state index contributed by atoms with van der Waals surface area (Å²) in [4.78, 5) is 27.9. The lowest BCUT2D eigenvalue weighted by molar-refractivity contribution is 0.0600. The molecule has 2 aromatic carbocycles. The number of anilines is 1. The second-order valence-electron chi connectivity index (χ2n) is 5.28. The van der Waals surface area contributed by atoms with Crippen LogP contribution >= 0.6 is 0 Å². The van der Waals surface area contributed by atoms with Gasteiger partial charge in [-0.2, -0.15) is 0 Å². The number of aromatic nitrogens is 3. The number of ether oxygens (including phenoxy) is 1. The van der Waals surface area contributed by atoms with Gasteiger partial charge >= 0.3 is 5.97 Å². The Balaban J connectivity index is 1.68. The molecule has 0 aliphatic carbocycles. The number of benzene rings is 2. The van der Waals surface area contributed by atoms with E-state index in [0.29, 0.717) is 17.7 Å². The van der Waals surface area contributed by atoms with Crippen LogP contribution in [0.4, 0.5) is 5.95 Å². The van der Waals surface area contributed by atoms with Crippen molar-refractivity contribution in [3.8, 4) is 0 Å². The Bertz CT molecular complexity index is 890. The average Bonchev–Trinajstić information content (AvgIpc) is 3.08. The van der Waals surface area contributed by atoms with Gasteiger partial charge < -0.3 is 4.74 Å². The van der Waals surface area contributed by atoms with Crippen LogP contribution < -0.4 is 5.32 Å². The summed E-state index contributed by atoms with van der Waals surface area (Å²) >= 11 is 0. The number of nitrogens with one attached hydrogen (secondary N) is 1. The summed E-state index contributed by atoms with van der Waals surface area (Å²) in [6.45, 7) is 0.557. The molecule has 126 valence electrons. The maximum atomic E-state index is 12.3. The molecule has 1 heterocycles. The first-order valence-electron chi connectivity index (χ1n) is 7.59. The zero-order chi connectivity index (χ0) is 17.6. The molecule has 1 N–H and O–H groups in total. The molecule has 1 aromatic heterocycles. The Labute approximate surface area is 144 Å². The molecule has 0 atom stereocenters. The first-order chi connectivity index (χ1) is 12.2. The number of carbonyl (C=O) groups is 2. The average molecular weight is 336 g/mol. The number of nitrogens with zero attached hydrogens (tertiary/aromatic N) is 3. The number of hydrogen-bond acceptors (Lipinski definition) is 5. The quantitative estimate of drug-likeness (QED) is 0.723. The molecule has 0 fully saturated rings. The lowest BCUT2D eigenvalue weighted by Crippen LogP contribution is -2.14. The fourth-order valence-electron chi connectivity index (χ4n) is 2.28. The number of amides is 1. The Morgan fingerprint density at radius 1 is 1.08 bits per heavy atom. The lowest BCUT2D eigenvalue weighted by atomic mass is 10.1. The summed E-state index contributed by atoms with van der Waals surface area (Å²) in [6.07, 6.45) is 1.55. The summed E-state index contributed by atoms with van der Waals surface area (Å²) in [5, 5.41) is 6.84. The van der Waals surface area contributed by atoms with Gasteiger partial charge in [0.2, 0.25) is 5.95 Å². The zero-order valence-corrected chi connectivity index (χ0v) is 13.5. The van der Waals surface area contributed by atoms with E-state index in [4.69, 9.17) is 0 Å². The fraction of sp³-hybridized carbons (Fsp3) is 0.111.